The van der Waals surface area contributed by atoms with E-state index in [1.165, 1.54) is 20.7 Å². The van der Waals surface area contributed by atoms with E-state index < -0.39 is 28.8 Å². The number of hydrogen-bond donors (Lipinski definition) is 0. The zero-order valence-corrected chi connectivity index (χ0v) is 37.5. The summed E-state index contributed by atoms with van der Waals surface area (Å²) < 4.78 is 29.2. The van der Waals surface area contributed by atoms with Crippen molar-refractivity contribution < 1.29 is 18.3 Å². The second-order valence-corrected chi connectivity index (χ2v) is 26.2. The Morgan fingerprint density at radius 3 is 1.14 bits per heavy atom. The highest BCUT2D eigenvalue weighted by atomic mass is 28.4. The van der Waals surface area contributed by atoms with Crippen molar-refractivity contribution in [2.75, 3.05) is 13.2 Å². The van der Waals surface area contributed by atoms with Crippen molar-refractivity contribution in [2.24, 2.45) is 4.99 Å². The molecular weight excluding hydrogens is 759 g/mol. The average molecular weight is 818 g/mol. The molecule has 7 heteroatoms. The maximum atomic E-state index is 7.59. The normalized spacial score (nSPS) is 17.5. The van der Waals surface area contributed by atoms with E-state index in [2.05, 4.69) is 211 Å². The van der Waals surface area contributed by atoms with Gasteiger partial charge in [-0.2, -0.15) is 0 Å². The molecule has 1 aliphatic heterocycles. The predicted octanol–water partition coefficient (Wildman–Crippen LogP) is 9.13. The van der Waals surface area contributed by atoms with Gasteiger partial charge in [0, 0.05) is 0 Å². The average Bonchev–Trinajstić information content (AvgIpc) is 3.59. The first-order valence-corrected chi connectivity index (χ1v) is 24.7. The van der Waals surface area contributed by atoms with E-state index in [0.717, 1.165) is 16.8 Å². The molecule has 0 bridgehead atoms. The standard InChI is InChI=1S/C52H59NO4Si2/c1-51(2,3)58(43-29-17-9-18-30-43,44-31-19-10-20-32-44)56-39-47-49(54-37-41-25-13-7-14-26-41)50(55-38-42-27-15-8-16-28-42)48(53-47)40-57-59(52(4,5)6,45-33-21-11-22-34-45)46-35-23-12-24-36-46/h7-36,47,49-50H,37-40H2,1-6H3/t47-,49-,50+/m1/s1. The largest absolute Gasteiger partial charge is 0.405 e. The first-order valence-electron chi connectivity index (χ1n) is 20.9. The Kier molecular flexibility index (Phi) is 13.4. The third-order valence-electron chi connectivity index (χ3n) is 11.6. The smallest absolute Gasteiger partial charge is 0.261 e. The van der Waals surface area contributed by atoms with Crippen LogP contribution >= 0.6 is 0 Å². The molecule has 0 unspecified atom stereocenters. The van der Waals surface area contributed by atoms with Gasteiger partial charge in [0.25, 0.3) is 16.6 Å². The molecule has 0 fully saturated rings. The highest BCUT2D eigenvalue weighted by molar-refractivity contribution is 7.00. The van der Waals surface area contributed by atoms with Gasteiger partial charge >= 0.3 is 0 Å². The zero-order valence-electron chi connectivity index (χ0n) is 35.5. The van der Waals surface area contributed by atoms with Gasteiger partial charge in [-0.1, -0.05) is 224 Å². The van der Waals surface area contributed by atoms with Gasteiger partial charge in [0.1, 0.15) is 18.2 Å². The SMILES string of the molecule is CC(C)(C)[Si](OCC1=N[C@H](CO[Si](c2ccccc2)(c2ccccc2)C(C)(C)C)[C@@H](OCc2ccccc2)[C@H]1OCc1ccccc1)(c1ccccc1)c1ccccc1. The van der Waals surface area contributed by atoms with E-state index in [9.17, 15) is 0 Å². The Bertz CT molecular complexity index is 2130. The lowest BCUT2D eigenvalue weighted by atomic mass is 10.1. The van der Waals surface area contributed by atoms with Crippen LogP contribution in [0.25, 0.3) is 0 Å². The van der Waals surface area contributed by atoms with E-state index in [4.69, 9.17) is 23.3 Å². The number of ether oxygens (including phenoxy) is 2. The summed E-state index contributed by atoms with van der Waals surface area (Å²) in [5, 5.41) is 4.51. The van der Waals surface area contributed by atoms with Crippen LogP contribution in [0.4, 0.5) is 0 Å². The fraction of sp³-hybridized carbons (Fsp3) is 0.288. The summed E-state index contributed by atoms with van der Waals surface area (Å²) >= 11 is 0. The number of aliphatic imine (C=N–C) groups is 1. The van der Waals surface area contributed by atoms with Crippen LogP contribution in [0.1, 0.15) is 52.7 Å². The van der Waals surface area contributed by atoms with Crippen LogP contribution in [0.15, 0.2) is 187 Å². The van der Waals surface area contributed by atoms with Crippen molar-refractivity contribution in [1.82, 2.24) is 0 Å². The summed E-state index contributed by atoms with van der Waals surface area (Å²) in [7, 11) is -5.81. The molecule has 59 heavy (non-hydrogen) atoms. The molecule has 0 N–H and O–H groups in total. The van der Waals surface area contributed by atoms with Crippen LogP contribution in [-0.2, 0) is 31.5 Å². The van der Waals surface area contributed by atoms with E-state index in [1.54, 1.807) is 0 Å². The number of hydrogen-bond acceptors (Lipinski definition) is 5. The molecule has 0 aliphatic carbocycles. The van der Waals surface area contributed by atoms with Gasteiger partial charge in [0.05, 0.1) is 32.1 Å². The Labute approximate surface area is 354 Å². The minimum absolute atomic E-state index is 0.198. The predicted molar refractivity (Wildman–Crippen MR) is 248 cm³/mol. The molecule has 304 valence electrons. The molecule has 6 aromatic rings. The quantitative estimate of drug-likeness (QED) is 0.0916. The fourth-order valence-electron chi connectivity index (χ4n) is 8.83. The third-order valence-corrected chi connectivity index (χ3v) is 21.6. The molecule has 0 saturated carbocycles. The topological polar surface area (TPSA) is 49.3 Å². The summed E-state index contributed by atoms with van der Waals surface area (Å²) in [5.74, 6) is 0. The molecule has 7 rings (SSSR count). The minimum Gasteiger partial charge on any atom is -0.405 e. The van der Waals surface area contributed by atoms with Gasteiger partial charge in [0.15, 0.2) is 0 Å². The lowest BCUT2D eigenvalue weighted by molar-refractivity contribution is -0.0636. The maximum absolute atomic E-state index is 7.59. The molecule has 1 aliphatic rings. The van der Waals surface area contributed by atoms with E-state index in [-0.39, 0.29) is 16.1 Å². The Morgan fingerprint density at radius 2 is 0.763 bits per heavy atom. The van der Waals surface area contributed by atoms with Gasteiger partial charge in [0.2, 0.25) is 0 Å². The van der Waals surface area contributed by atoms with Crippen molar-refractivity contribution in [1.29, 1.82) is 0 Å². The van der Waals surface area contributed by atoms with Crippen LogP contribution in [0, 0.1) is 0 Å². The van der Waals surface area contributed by atoms with Gasteiger partial charge < -0.3 is 18.3 Å². The first kappa shape index (κ1) is 42.4. The number of nitrogens with zero attached hydrogens (tertiary/aromatic N) is 1. The van der Waals surface area contributed by atoms with Gasteiger partial charge in [-0.05, 0) is 42.0 Å². The van der Waals surface area contributed by atoms with Crippen LogP contribution in [0.3, 0.4) is 0 Å². The summed E-state index contributed by atoms with van der Waals surface area (Å²) in [6.07, 6.45) is -0.889. The van der Waals surface area contributed by atoms with Crippen molar-refractivity contribution in [3.8, 4) is 0 Å². The second kappa shape index (κ2) is 18.7. The van der Waals surface area contributed by atoms with E-state index >= 15 is 0 Å². The molecule has 0 amide bonds. The third kappa shape index (κ3) is 9.21. The van der Waals surface area contributed by atoms with Crippen LogP contribution in [-0.4, -0.2) is 53.8 Å². The van der Waals surface area contributed by atoms with Crippen molar-refractivity contribution in [3.63, 3.8) is 0 Å². The summed E-state index contributed by atoms with van der Waals surface area (Å²) in [5.41, 5.74) is 3.04. The van der Waals surface area contributed by atoms with Crippen LogP contribution in [0.5, 0.6) is 0 Å². The van der Waals surface area contributed by atoms with E-state index in [1.807, 2.05) is 12.1 Å². The summed E-state index contributed by atoms with van der Waals surface area (Å²) in [6.45, 7) is 15.4. The van der Waals surface area contributed by atoms with Crippen LogP contribution in [0.2, 0.25) is 10.1 Å². The van der Waals surface area contributed by atoms with Crippen molar-refractivity contribution in [3.05, 3.63) is 193 Å². The Hall–Kier alpha value is -4.74. The van der Waals surface area contributed by atoms with E-state index in [0.29, 0.717) is 26.4 Å². The molecule has 6 aromatic carbocycles. The van der Waals surface area contributed by atoms with Crippen molar-refractivity contribution in [2.45, 2.75) is 83.1 Å². The highest BCUT2D eigenvalue weighted by Crippen LogP contribution is 2.39. The lowest BCUT2D eigenvalue weighted by Gasteiger charge is -2.43. The summed E-state index contributed by atoms with van der Waals surface area (Å²) in [4.78, 5) is 5.58. The molecule has 0 aromatic heterocycles. The highest BCUT2D eigenvalue weighted by Gasteiger charge is 2.53. The number of rotatable bonds is 16. The molecule has 0 spiro atoms. The van der Waals surface area contributed by atoms with Gasteiger partial charge in [-0.3, -0.25) is 4.99 Å². The molecule has 1 heterocycles. The van der Waals surface area contributed by atoms with Gasteiger partial charge in [-0.25, -0.2) is 0 Å². The first-order chi connectivity index (χ1) is 28.5. The molecule has 0 radical (unpaired) electrons. The Morgan fingerprint density at radius 1 is 0.424 bits per heavy atom. The maximum Gasteiger partial charge on any atom is 0.261 e. The Balaban J connectivity index is 1.31. The molecule has 5 nitrogen and oxygen atoms in total. The van der Waals surface area contributed by atoms with Crippen molar-refractivity contribution >= 4 is 43.1 Å². The monoisotopic (exact) mass is 817 g/mol. The van der Waals surface area contributed by atoms with Crippen LogP contribution < -0.4 is 20.7 Å². The lowest BCUT2D eigenvalue weighted by Crippen LogP contribution is -2.67. The molecule has 3 atom stereocenters. The van der Waals surface area contributed by atoms with Gasteiger partial charge in [-0.15, -0.1) is 0 Å². The number of benzene rings is 6. The second-order valence-electron chi connectivity index (χ2n) is 17.6. The fourth-order valence-corrected chi connectivity index (χ4v) is 17.9. The zero-order chi connectivity index (χ0) is 41.4. The minimum atomic E-state index is -2.91. The molecule has 0 saturated heterocycles. The summed E-state index contributed by atoms with van der Waals surface area (Å²) in [6, 6.07) is 63.6. The molecular formula is C52H59NO4Si2.